The fourth-order valence-electron chi connectivity index (χ4n) is 5.48. The lowest BCUT2D eigenvalue weighted by Crippen LogP contribution is -2.59. The molecule has 1 saturated carbocycles. The van der Waals surface area contributed by atoms with Crippen LogP contribution in [0.5, 0.6) is 0 Å². The Labute approximate surface area is 155 Å². The second-order valence-corrected chi connectivity index (χ2v) is 7.97. The molecule has 0 spiro atoms. The minimum absolute atomic E-state index is 0.318. The SMILES string of the molecule is COC1(c2ccnc(C(N)=O)c2)[C@@H]2CCC[C@H]1CN(C[C@@H]1CCCO1)C2. The van der Waals surface area contributed by atoms with Crippen LogP contribution in [0.15, 0.2) is 18.3 Å². The van der Waals surface area contributed by atoms with Gasteiger partial charge in [-0.15, -0.1) is 0 Å². The number of methoxy groups -OCH3 is 1. The molecule has 6 nitrogen and oxygen atoms in total. The molecule has 1 aromatic rings. The summed E-state index contributed by atoms with van der Waals surface area (Å²) >= 11 is 0. The maximum Gasteiger partial charge on any atom is 0.267 e. The number of rotatable bonds is 5. The number of ether oxygens (including phenoxy) is 2. The zero-order chi connectivity index (χ0) is 18.1. The molecule has 142 valence electrons. The van der Waals surface area contributed by atoms with Crippen LogP contribution in [0.3, 0.4) is 0 Å². The van der Waals surface area contributed by atoms with Gasteiger partial charge in [-0.2, -0.15) is 0 Å². The van der Waals surface area contributed by atoms with E-state index < -0.39 is 5.91 Å². The van der Waals surface area contributed by atoms with Crippen LogP contribution in [0.1, 0.15) is 48.2 Å². The highest BCUT2D eigenvalue weighted by atomic mass is 16.5. The summed E-state index contributed by atoms with van der Waals surface area (Å²) in [5.41, 5.74) is 6.48. The van der Waals surface area contributed by atoms with E-state index in [1.165, 1.54) is 19.3 Å². The van der Waals surface area contributed by atoms with Crippen molar-refractivity contribution in [2.45, 2.75) is 43.8 Å². The molecule has 26 heavy (non-hydrogen) atoms. The van der Waals surface area contributed by atoms with Crippen molar-refractivity contribution in [2.75, 3.05) is 33.4 Å². The summed E-state index contributed by atoms with van der Waals surface area (Å²) in [7, 11) is 1.81. The number of carbonyl (C=O) groups is 1. The van der Waals surface area contributed by atoms with E-state index in [4.69, 9.17) is 15.2 Å². The number of pyridine rings is 1. The molecule has 2 N–H and O–H groups in total. The van der Waals surface area contributed by atoms with Crippen molar-refractivity contribution in [3.8, 4) is 0 Å². The number of nitrogens with zero attached hydrogens (tertiary/aromatic N) is 2. The van der Waals surface area contributed by atoms with Crippen LogP contribution in [-0.4, -0.2) is 55.2 Å². The molecular formula is C20H29N3O3. The maximum atomic E-state index is 11.6. The molecule has 1 aromatic heterocycles. The molecule has 4 rings (SSSR count). The Kier molecular flexibility index (Phi) is 4.99. The van der Waals surface area contributed by atoms with Gasteiger partial charge in [0.25, 0.3) is 5.91 Å². The van der Waals surface area contributed by atoms with Gasteiger partial charge in [-0.05, 0) is 43.4 Å². The molecule has 1 amide bonds. The van der Waals surface area contributed by atoms with Gasteiger partial charge in [-0.1, -0.05) is 6.42 Å². The third-order valence-electron chi connectivity index (χ3n) is 6.56. The van der Waals surface area contributed by atoms with Gasteiger partial charge in [0, 0.05) is 51.4 Å². The first-order valence-electron chi connectivity index (χ1n) is 9.79. The number of hydrogen-bond donors (Lipinski definition) is 1. The highest BCUT2D eigenvalue weighted by molar-refractivity contribution is 5.90. The zero-order valence-electron chi connectivity index (χ0n) is 15.5. The molecule has 0 radical (unpaired) electrons. The summed E-state index contributed by atoms with van der Waals surface area (Å²) < 4.78 is 12.1. The van der Waals surface area contributed by atoms with E-state index in [0.29, 0.717) is 23.6 Å². The Bertz CT molecular complexity index is 645. The monoisotopic (exact) mass is 359 g/mol. The summed E-state index contributed by atoms with van der Waals surface area (Å²) in [5.74, 6) is 0.327. The van der Waals surface area contributed by atoms with E-state index in [1.807, 2.05) is 19.2 Å². The summed E-state index contributed by atoms with van der Waals surface area (Å²) in [6.45, 7) is 3.95. The van der Waals surface area contributed by atoms with Gasteiger partial charge in [0.05, 0.1) is 6.10 Å². The minimum Gasteiger partial charge on any atom is -0.377 e. The number of amides is 1. The Balaban J connectivity index is 1.61. The quantitative estimate of drug-likeness (QED) is 0.869. The smallest absolute Gasteiger partial charge is 0.267 e. The largest absolute Gasteiger partial charge is 0.377 e. The van der Waals surface area contributed by atoms with E-state index in [2.05, 4.69) is 9.88 Å². The van der Waals surface area contributed by atoms with Crippen LogP contribution in [0.4, 0.5) is 0 Å². The van der Waals surface area contributed by atoms with Gasteiger partial charge >= 0.3 is 0 Å². The predicted octanol–water partition coefficient (Wildman–Crippen LogP) is 1.93. The molecule has 0 aromatic carbocycles. The number of nitrogens with two attached hydrogens (primary N) is 1. The summed E-state index contributed by atoms with van der Waals surface area (Å²) in [4.78, 5) is 18.3. The third-order valence-corrected chi connectivity index (χ3v) is 6.56. The average Bonchev–Trinajstić information content (AvgIpc) is 3.14. The highest BCUT2D eigenvalue weighted by Crippen LogP contribution is 2.51. The van der Waals surface area contributed by atoms with E-state index in [-0.39, 0.29) is 5.60 Å². The fraction of sp³-hybridized carbons (Fsp3) is 0.700. The summed E-state index contributed by atoms with van der Waals surface area (Å²) in [6.07, 6.45) is 7.94. The molecule has 4 atom stereocenters. The number of fused-ring (bicyclic) bond motifs is 2. The van der Waals surface area contributed by atoms with Gasteiger partial charge in [0.15, 0.2) is 0 Å². The fourth-order valence-corrected chi connectivity index (χ4v) is 5.48. The Morgan fingerprint density at radius 3 is 2.73 bits per heavy atom. The van der Waals surface area contributed by atoms with Crippen molar-refractivity contribution in [3.05, 3.63) is 29.6 Å². The van der Waals surface area contributed by atoms with Gasteiger partial charge in [-0.25, -0.2) is 0 Å². The van der Waals surface area contributed by atoms with E-state index in [1.54, 1.807) is 6.20 Å². The summed E-state index contributed by atoms with van der Waals surface area (Å²) in [6, 6.07) is 3.84. The van der Waals surface area contributed by atoms with E-state index in [0.717, 1.165) is 44.6 Å². The Hall–Kier alpha value is -1.50. The molecule has 3 aliphatic rings. The molecule has 1 aliphatic carbocycles. The van der Waals surface area contributed by atoms with Crippen molar-refractivity contribution in [2.24, 2.45) is 17.6 Å². The van der Waals surface area contributed by atoms with E-state index >= 15 is 0 Å². The van der Waals surface area contributed by atoms with Crippen LogP contribution < -0.4 is 5.73 Å². The summed E-state index contributed by atoms with van der Waals surface area (Å²) in [5, 5.41) is 0. The number of hydrogen-bond acceptors (Lipinski definition) is 5. The number of piperidine rings is 1. The van der Waals surface area contributed by atoms with Gasteiger partial charge < -0.3 is 15.2 Å². The number of carbonyl (C=O) groups excluding carboxylic acids is 1. The van der Waals surface area contributed by atoms with Crippen molar-refractivity contribution in [3.63, 3.8) is 0 Å². The van der Waals surface area contributed by atoms with E-state index in [9.17, 15) is 4.79 Å². The predicted molar refractivity (Wildman–Crippen MR) is 97.7 cm³/mol. The van der Waals surface area contributed by atoms with Crippen molar-refractivity contribution in [1.29, 1.82) is 0 Å². The second-order valence-electron chi connectivity index (χ2n) is 7.97. The zero-order valence-corrected chi connectivity index (χ0v) is 15.5. The van der Waals surface area contributed by atoms with Crippen molar-refractivity contribution in [1.82, 2.24) is 9.88 Å². The second kappa shape index (κ2) is 7.25. The lowest BCUT2D eigenvalue weighted by molar-refractivity contribution is -0.171. The molecule has 2 aliphatic heterocycles. The normalized spacial score (nSPS) is 34.7. The molecule has 3 fully saturated rings. The number of likely N-dealkylation sites (tertiary alicyclic amines) is 1. The van der Waals surface area contributed by atoms with Crippen LogP contribution >= 0.6 is 0 Å². The van der Waals surface area contributed by atoms with Crippen LogP contribution in [0.2, 0.25) is 0 Å². The molecule has 6 heteroatoms. The maximum absolute atomic E-state index is 11.6. The number of primary amides is 1. The Morgan fingerprint density at radius 1 is 1.35 bits per heavy atom. The molecule has 1 unspecified atom stereocenters. The van der Waals surface area contributed by atoms with Crippen molar-refractivity contribution >= 4 is 5.91 Å². The minimum atomic E-state index is -0.487. The first kappa shape index (κ1) is 17.9. The highest BCUT2D eigenvalue weighted by Gasteiger charge is 2.53. The topological polar surface area (TPSA) is 77.7 Å². The molecule has 2 saturated heterocycles. The molecular weight excluding hydrogens is 330 g/mol. The lowest BCUT2D eigenvalue weighted by atomic mass is 9.62. The van der Waals surface area contributed by atoms with Gasteiger partial charge in [-0.3, -0.25) is 14.7 Å². The molecule has 2 bridgehead atoms. The van der Waals surface area contributed by atoms with Gasteiger partial charge in [0.2, 0.25) is 0 Å². The van der Waals surface area contributed by atoms with Crippen molar-refractivity contribution < 1.29 is 14.3 Å². The standard InChI is InChI=1S/C20H29N3O3/c1-25-20(14-7-8-22-18(10-14)19(21)24)15-4-2-5-16(20)12-23(11-15)13-17-6-3-9-26-17/h7-8,10,15-17H,2-6,9,11-13H2,1H3,(H2,21,24)/t15-,16+,17-,20?/m0/s1. The molecule has 3 heterocycles. The average molecular weight is 359 g/mol. The lowest BCUT2D eigenvalue weighted by Gasteiger charge is -2.55. The third kappa shape index (κ3) is 3.04. The van der Waals surface area contributed by atoms with Crippen LogP contribution in [0.25, 0.3) is 0 Å². The first-order chi connectivity index (χ1) is 12.6. The number of aromatic nitrogens is 1. The van der Waals surface area contributed by atoms with Crippen LogP contribution in [0, 0.1) is 11.8 Å². The first-order valence-corrected chi connectivity index (χ1v) is 9.79. The van der Waals surface area contributed by atoms with Gasteiger partial charge in [0.1, 0.15) is 11.3 Å². The van der Waals surface area contributed by atoms with Crippen LogP contribution in [-0.2, 0) is 15.1 Å². The Morgan fingerprint density at radius 2 is 2.12 bits per heavy atom.